The van der Waals surface area contributed by atoms with Crippen LogP contribution in [0.25, 0.3) is 0 Å². The van der Waals surface area contributed by atoms with Gasteiger partial charge in [-0.25, -0.2) is 4.57 Å². The van der Waals surface area contributed by atoms with Gasteiger partial charge in [-0.2, -0.15) is 0 Å². The van der Waals surface area contributed by atoms with Gasteiger partial charge in [-0.1, -0.05) is 0 Å². The molecule has 0 fully saturated rings. The van der Waals surface area contributed by atoms with Gasteiger partial charge in [0.25, 0.3) is 5.56 Å². The molecular formula is C10H8F3NO2. The fourth-order valence-electron chi connectivity index (χ4n) is 1.91. The highest BCUT2D eigenvalue weighted by molar-refractivity contribution is 5.97. The molecule has 1 aromatic heterocycles. The number of rotatable bonds is 0. The lowest BCUT2D eigenvalue weighted by atomic mass is 9.94. The molecule has 6 heteroatoms. The number of Topliss-reactive ketones (excluding diaryl/α,β-unsaturated/α-hetero) is 1. The lowest BCUT2D eigenvalue weighted by molar-refractivity contribution is -0.207. The van der Waals surface area contributed by atoms with E-state index in [1.807, 2.05) is 0 Å². The SMILES string of the molecule is O=C1CCCc2c1ccc(=O)n2C(F)(F)F. The number of nitrogens with zero attached hydrogens (tertiary/aromatic N) is 1. The number of halogens is 3. The van der Waals surface area contributed by atoms with Crippen LogP contribution >= 0.6 is 0 Å². The molecular weight excluding hydrogens is 223 g/mol. The fourth-order valence-corrected chi connectivity index (χ4v) is 1.91. The molecule has 0 radical (unpaired) electrons. The van der Waals surface area contributed by atoms with E-state index >= 15 is 0 Å². The van der Waals surface area contributed by atoms with Crippen LogP contribution < -0.4 is 5.56 Å². The van der Waals surface area contributed by atoms with E-state index in [4.69, 9.17) is 0 Å². The molecule has 2 rings (SSSR count). The highest BCUT2D eigenvalue weighted by Crippen LogP contribution is 2.27. The van der Waals surface area contributed by atoms with Crippen LogP contribution in [0, 0.1) is 0 Å². The molecule has 1 aliphatic carbocycles. The van der Waals surface area contributed by atoms with E-state index in [1.54, 1.807) is 0 Å². The Labute approximate surface area is 88.5 Å². The summed E-state index contributed by atoms with van der Waals surface area (Å²) in [6, 6.07) is 1.97. The monoisotopic (exact) mass is 231 g/mol. The van der Waals surface area contributed by atoms with Crippen LogP contribution in [-0.4, -0.2) is 10.4 Å². The molecule has 0 bridgehead atoms. The van der Waals surface area contributed by atoms with Gasteiger partial charge < -0.3 is 0 Å². The maximum atomic E-state index is 12.6. The number of carbonyl (C=O) groups is 1. The molecule has 0 amide bonds. The second-order valence-electron chi connectivity index (χ2n) is 3.61. The van der Waals surface area contributed by atoms with E-state index in [1.165, 1.54) is 6.07 Å². The fraction of sp³-hybridized carbons (Fsp3) is 0.400. The van der Waals surface area contributed by atoms with Crippen molar-refractivity contribution in [2.45, 2.75) is 25.6 Å². The highest BCUT2D eigenvalue weighted by atomic mass is 19.4. The molecule has 1 aliphatic rings. The van der Waals surface area contributed by atoms with Crippen LogP contribution in [0.2, 0.25) is 0 Å². The average molecular weight is 231 g/mol. The molecule has 16 heavy (non-hydrogen) atoms. The smallest absolute Gasteiger partial charge is 0.294 e. The number of hydrogen-bond donors (Lipinski definition) is 0. The molecule has 1 aromatic rings. The summed E-state index contributed by atoms with van der Waals surface area (Å²) < 4.78 is 37.6. The second kappa shape index (κ2) is 3.47. The van der Waals surface area contributed by atoms with Crippen molar-refractivity contribution >= 4 is 5.78 Å². The molecule has 0 N–H and O–H groups in total. The summed E-state index contributed by atoms with van der Waals surface area (Å²) in [7, 11) is 0. The molecule has 3 nitrogen and oxygen atoms in total. The molecule has 0 aliphatic heterocycles. The summed E-state index contributed by atoms with van der Waals surface area (Å²) in [5.41, 5.74) is -1.33. The Morgan fingerprint density at radius 3 is 2.44 bits per heavy atom. The summed E-state index contributed by atoms with van der Waals surface area (Å²) in [5.74, 6) is -0.334. The molecule has 0 atom stereocenters. The Kier molecular flexibility index (Phi) is 2.36. The zero-order chi connectivity index (χ0) is 11.9. The Morgan fingerprint density at radius 1 is 1.12 bits per heavy atom. The van der Waals surface area contributed by atoms with Gasteiger partial charge >= 0.3 is 6.30 Å². The number of aromatic nitrogens is 1. The van der Waals surface area contributed by atoms with Crippen LogP contribution in [0.5, 0.6) is 0 Å². The van der Waals surface area contributed by atoms with E-state index in [0.29, 0.717) is 6.42 Å². The van der Waals surface area contributed by atoms with Crippen LogP contribution in [-0.2, 0) is 12.7 Å². The minimum Gasteiger partial charge on any atom is -0.294 e. The molecule has 86 valence electrons. The normalized spacial score (nSPS) is 16.1. The van der Waals surface area contributed by atoms with Crippen molar-refractivity contribution in [3.05, 3.63) is 33.7 Å². The lowest BCUT2D eigenvalue weighted by Crippen LogP contribution is -2.35. The number of fused-ring (bicyclic) bond motifs is 1. The Morgan fingerprint density at radius 2 is 1.81 bits per heavy atom. The number of ketones is 1. The Bertz CT molecular complexity index is 502. The first-order chi connectivity index (χ1) is 7.41. The van der Waals surface area contributed by atoms with Gasteiger partial charge in [-0.15, -0.1) is 13.2 Å². The minimum absolute atomic E-state index is 0.0168. The molecule has 0 aromatic carbocycles. The van der Waals surface area contributed by atoms with Gasteiger partial charge in [0.05, 0.1) is 0 Å². The molecule has 0 saturated heterocycles. The van der Waals surface area contributed by atoms with Gasteiger partial charge in [0.15, 0.2) is 5.78 Å². The van der Waals surface area contributed by atoms with Crippen molar-refractivity contribution in [2.75, 3.05) is 0 Å². The van der Waals surface area contributed by atoms with E-state index < -0.39 is 11.9 Å². The standard InChI is InChI=1S/C10H8F3NO2/c11-10(12,13)14-7-2-1-3-8(15)6(7)4-5-9(14)16/h4-5H,1-3H2. The Balaban J connectivity index is 2.74. The minimum atomic E-state index is -4.76. The highest BCUT2D eigenvalue weighted by Gasteiger charge is 2.36. The van der Waals surface area contributed by atoms with Crippen molar-refractivity contribution in [1.29, 1.82) is 0 Å². The van der Waals surface area contributed by atoms with E-state index in [9.17, 15) is 22.8 Å². The zero-order valence-corrected chi connectivity index (χ0v) is 8.17. The van der Waals surface area contributed by atoms with Crippen LogP contribution in [0.4, 0.5) is 13.2 Å². The average Bonchev–Trinajstić information content (AvgIpc) is 2.15. The third kappa shape index (κ3) is 1.64. The summed E-state index contributed by atoms with van der Waals surface area (Å²) in [5, 5.41) is 0. The Hall–Kier alpha value is -1.59. The number of hydrogen-bond acceptors (Lipinski definition) is 2. The first kappa shape index (κ1) is 10.9. The summed E-state index contributed by atoms with van der Waals surface area (Å²) >= 11 is 0. The largest absolute Gasteiger partial charge is 0.491 e. The van der Waals surface area contributed by atoms with E-state index in [0.717, 1.165) is 6.07 Å². The molecule has 0 saturated carbocycles. The van der Waals surface area contributed by atoms with Gasteiger partial charge in [0.2, 0.25) is 0 Å². The summed E-state index contributed by atoms with van der Waals surface area (Å²) in [6.07, 6.45) is -4.06. The molecule has 0 spiro atoms. The lowest BCUT2D eigenvalue weighted by Gasteiger charge is -2.21. The van der Waals surface area contributed by atoms with Crippen molar-refractivity contribution < 1.29 is 18.0 Å². The molecule has 1 heterocycles. The topological polar surface area (TPSA) is 39.1 Å². The quantitative estimate of drug-likeness (QED) is 0.683. The van der Waals surface area contributed by atoms with Gasteiger partial charge in [-0.3, -0.25) is 9.59 Å². The zero-order valence-electron chi connectivity index (χ0n) is 8.17. The summed E-state index contributed by atoms with van der Waals surface area (Å²) in [6.45, 7) is 0. The third-order valence-electron chi connectivity index (χ3n) is 2.57. The summed E-state index contributed by atoms with van der Waals surface area (Å²) in [4.78, 5) is 22.6. The van der Waals surface area contributed by atoms with Crippen molar-refractivity contribution in [1.82, 2.24) is 4.57 Å². The first-order valence-corrected chi connectivity index (χ1v) is 4.76. The van der Waals surface area contributed by atoms with Crippen LogP contribution in [0.1, 0.15) is 28.9 Å². The van der Waals surface area contributed by atoms with Crippen LogP contribution in [0.3, 0.4) is 0 Å². The number of carbonyl (C=O) groups excluding carboxylic acids is 1. The molecule has 0 unspecified atom stereocenters. The maximum Gasteiger partial charge on any atom is 0.491 e. The first-order valence-electron chi connectivity index (χ1n) is 4.76. The predicted octanol–water partition coefficient (Wildman–Crippen LogP) is 1.84. The van der Waals surface area contributed by atoms with Gasteiger partial charge in [0.1, 0.15) is 0 Å². The van der Waals surface area contributed by atoms with Gasteiger partial charge in [-0.05, 0) is 18.9 Å². The number of pyridine rings is 1. The number of alkyl halides is 3. The second-order valence-corrected chi connectivity index (χ2v) is 3.61. The van der Waals surface area contributed by atoms with E-state index in [-0.39, 0.29) is 34.4 Å². The van der Waals surface area contributed by atoms with Crippen molar-refractivity contribution in [2.24, 2.45) is 0 Å². The van der Waals surface area contributed by atoms with E-state index in [2.05, 4.69) is 0 Å². The van der Waals surface area contributed by atoms with Crippen molar-refractivity contribution in [3.8, 4) is 0 Å². The van der Waals surface area contributed by atoms with Gasteiger partial charge in [0, 0.05) is 23.7 Å². The maximum absolute atomic E-state index is 12.6. The third-order valence-corrected chi connectivity index (χ3v) is 2.57. The van der Waals surface area contributed by atoms with Crippen LogP contribution in [0.15, 0.2) is 16.9 Å². The van der Waals surface area contributed by atoms with Crippen molar-refractivity contribution in [3.63, 3.8) is 0 Å². The predicted molar refractivity (Wildman–Crippen MR) is 49.3 cm³/mol.